The summed E-state index contributed by atoms with van der Waals surface area (Å²) in [7, 11) is 1.35. The Hall–Kier alpha value is -3.58. The third kappa shape index (κ3) is 6.10. The number of anilines is 1. The van der Waals surface area contributed by atoms with E-state index in [2.05, 4.69) is 37.3 Å². The minimum atomic E-state index is -2.86. The monoisotopic (exact) mass is 532 g/mol. The van der Waals surface area contributed by atoms with Crippen LogP contribution in [0.3, 0.4) is 0 Å². The van der Waals surface area contributed by atoms with Crippen molar-refractivity contribution in [3.63, 3.8) is 0 Å². The average molecular weight is 532 g/mol. The molecule has 4 heterocycles. The van der Waals surface area contributed by atoms with Crippen LogP contribution < -0.4 is 28.5 Å². The molecule has 2 amide bonds. The predicted molar refractivity (Wildman–Crippen MR) is 129 cm³/mol. The molecule has 0 N–H and O–H groups in total. The van der Waals surface area contributed by atoms with Gasteiger partial charge >= 0.3 is 25.0 Å². The summed E-state index contributed by atoms with van der Waals surface area (Å²) in [6.07, 6.45) is 1.63. The van der Waals surface area contributed by atoms with E-state index < -0.39 is 24.1 Å². The number of rotatable bonds is 6. The van der Waals surface area contributed by atoms with Crippen LogP contribution in [0.2, 0.25) is 0 Å². The van der Waals surface area contributed by atoms with Crippen molar-refractivity contribution in [2.45, 2.75) is 25.7 Å². The number of methoxy groups -OCH3 is 1. The van der Waals surface area contributed by atoms with Gasteiger partial charge in [0.05, 0.1) is 19.9 Å². The van der Waals surface area contributed by atoms with Crippen LogP contribution >= 0.6 is 11.3 Å². The molecule has 38 heavy (non-hydrogen) atoms. The molecule has 0 bridgehead atoms. The maximum absolute atomic E-state index is 13.5. The minimum Gasteiger partial charge on any atom is -0.494 e. The Balaban J connectivity index is 0.00000336. The Morgan fingerprint density at radius 1 is 1.24 bits per heavy atom. The van der Waals surface area contributed by atoms with E-state index in [0.717, 1.165) is 36.4 Å². The topological polar surface area (TPSA) is 122 Å². The summed E-state index contributed by atoms with van der Waals surface area (Å²) in [6, 6.07) is 2.57. The summed E-state index contributed by atoms with van der Waals surface area (Å²) in [4.78, 5) is 34.8. The first kappa shape index (κ1) is 27.5. The van der Waals surface area contributed by atoms with Gasteiger partial charge in [0.1, 0.15) is 17.3 Å². The second-order valence-electron chi connectivity index (χ2n) is 8.17. The molecule has 1 aliphatic heterocycles. The van der Waals surface area contributed by atoms with Crippen molar-refractivity contribution < 1.29 is 46.7 Å². The van der Waals surface area contributed by atoms with Crippen LogP contribution in [-0.4, -0.2) is 52.4 Å². The van der Waals surface area contributed by atoms with Crippen molar-refractivity contribution in [2.24, 2.45) is 5.92 Å². The molecule has 1 aliphatic carbocycles. The molecular formula is C24H19F2LiN6O4S. The maximum Gasteiger partial charge on any atom is 1.00 e. The number of carbonyl (C=O) groups excluding carboxylic acids is 2. The summed E-state index contributed by atoms with van der Waals surface area (Å²) in [6.45, 7) is 0.622. The van der Waals surface area contributed by atoms with Gasteiger partial charge in [-0.2, -0.15) is 0 Å². The number of halogens is 2. The molecule has 0 atom stereocenters. The van der Waals surface area contributed by atoms with Crippen LogP contribution in [-0.2, 0) is 4.74 Å². The molecule has 2 fully saturated rings. The molecule has 1 saturated heterocycles. The second kappa shape index (κ2) is 11.9. The third-order valence-corrected chi connectivity index (χ3v) is 6.30. The van der Waals surface area contributed by atoms with Crippen LogP contribution in [0.5, 0.6) is 5.75 Å². The molecule has 5 rings (SSSR count). The Labute approximate surface area is 232 Å². The largest absolute Gasteiger partial charge is 1.00 e. The van der Waals surface area contributed by atoms with E-state index in [1.165, 1.54) is 24.3 Å². The Kier molecular flexibility index (Phi) is 8.57. The zero-order valence-corrected chi connectivity index (χ0v) is 21.3. The van der Waals surface area contributed by atoms with Gasteiger partial charge in [0.2, 0.25) is 0 Å². The number of ether oxygens (including phenoxy) is 2. The number of alkyl halides is 2. The van der Waals surface area contributed by atoms with Crippen LogP contribution in [0.1, 0.15) is 46.7 Å². The van der Waals surface area contributed by atoms with Gasteiger partial charge in [-0.15, -0.1) is 11.3 Å². The maximum atomic E-state index is 13.5. The molecule has 3 aromatic rings. The van der Waals surface area contributed by atoms with Crippen molar-refractivity contribution in [3.8, 4) is 28.7 Å². The number of nitrogens with zero attached hydrogens (tertiary/aromatic N) is 6. The fourth-order valence-corrected chi connectivity index (χ4v) is 4.12. The number of carbonyl (C=O) groups is 2. The van der Waals surface area contributed by atoms with Crippen LogP contribution in [0.25, 0.3) is 16.4 Å². The van der Waals surface area contributed by atoms with Crippen molar-refractivity contribution in [1.29, 1.82) is 0 Å². The minimum absolute atomic E-state index is 0. The molecule has 3 aromatic heterocycles. The quantitative estimate of drug-likeness (QED) is 0.349. The molecule has 0 unspecified atom stereocenters. The van der Waals surface area contributed by atoms with E-state index in [0.29, 0.717) is 23.9 Å². The number of hydrogen-bond acceptors (Lipinski definition) is 9. The van der Waals surface area contributed by atoms with Crippen LogP contribution in [0, 0.1) is 17.8 Å². The van der Waals surface area contributed by atoms with Gasteiger partial charge in [-0.1, -0.05) is 5.92 Å². The number of pyridine rings is 2. The van der Waals surface area contributed by atoms with Crippen molar-refractivity contribution in [2.75, 3.05) is 25.2 Å². The molecule has 1 saturated carbocycles. The van der Waals surface area contributed by atoms with Gasteiger partial charge in [-0.3, -0.25) is 14.7 Å². The van der Waals surface area contributed by atoms with E-state index in [9.17, 15) is 18.4 Å². The van der Waals surface area contributed by atoms with E-state index in [1.807, 2.05) is 0 Å². The summed E-state index contributed by atoms with van der Waals surface area (Å²) in [5.74, 6) is 5.97. The van der Waals surface area contributed by atoms with E-state index >= 15 is 0 Å². The number of cyclic esters (lactones) is 1. The van der Waals surface area contributed by atoms with Crippen LogP contribution in [0.4, 0.5) is 24.5 Å². The number of amides is 2. The fraction of sp³-hybridized carbons (Fsp3) is 0.333. The molecule has 14 heteroatoms. The molecule has 10 nitrogen and oxygen atoms in total. The van der Waals surface area contributed by atoms with Gasteiger partial charge in [0.25, 0.3) is 6.43 Å². The summed E-state index contributed by atoms with van der Waals surface area (Å²) < 4.78 is 37.4. The van der Waals surface area contributed by atoms with Gasteiger partial charge in [0, 0.05) is 40.5 Å². The third-order valence-electron chi connectivity index (χ3n) is 5.56. The average Bonchev–Trinajstić information content (AvgIpc) is 3.64. The molecular weight excluding hydrogens is 513 g/mol. The second-order valence-corrected chi connectivity index (χ2v) is 9.12. The molecule has 0 aromatic carbocycles. The first-order valence-corrected chi connectivity index (χ1v) is 12.1. The zero-order valence-electron chi connectivity index (χ0n) is 20.5. The number of aromatic nitrogens is 4. The van der Waals surface area contributed by atoms with Crippen molar-refractivity contribution >= 4 is 34.3 Å². The normalized spacial score (nSPS) is 14.7. The Morgan fingerprint density at radius 2 is 2.05 bits per heavy atom. The van der Waals surface area contributed by atoms with Crippen LogP contribution in [0.15, 0.2) is 24.5 Å². The van der Waals surface area contributed by atoms with Gasteiger partial charge < -0.3 is 19.9 Å². The van der Waals surface area contributed by atoms with E-state index in [1.54, 1.807) is 0 Å². The first-order chi connectivity index (χ1) is 17.9. The van der Waals surface area contributed by atoms with Gasteiger partial charge in [-0.25, -0.2) is 23.7 Å². The van der Waals surface area contributed by atoms with Gasteiger partial charge in [0.15, 0.2) is 10.9 Å². The Bertz CT molecular complexity index is 1420. The SMILES string of the molecule is COc1cnc(C(F)F)cc1-c1cc(N2CCCOC2=O)ncc1C(=O)[N-]c1nnc(C#CC2CC2)s1.[Li+]. The zero-order chi connectivity index (χ0) is 25.9. The smallest absolute Gasteiger partial charge is 0.494 e. The summed E-state index contributed by atoms with van der Waals surface area (Å²) in [5.41, 5.74) is -0.185. The molecule has 2 aliphatic rings. The summed E-state index contributed by atoms with van der Waals surface area (Å²) in [5, 5.41) is 12.4. The van der Waals surface area contributed by atoms with E-state index in [4.69, 9.17) is 9.47 Å². The van der Waals surface area contributed by atoms with Gasteiger partial charge in [-0.05, 0) is 37.3 Å². The number of hydrogen-bond donors (Lipinski definition) is 0. The predicted octanol–water partition coefficient (Wildman–Crippen LogP) is 1.90. The summed E-state index contributed by atoms with van der Waals surface area (Å²) >= 11 is 1.06. The van der Waals surface area contributed by atoms with Crippen molar-refractivity contribution in [1.82, 2.24) is 20.2 Å². The Morgan fingerprint density at radius 3 is 2.76 bits per heavy atom. The van der Waals surface area contributed by atoms with Crippen molar-refractivity contribution in [3.05, 3.63) is 46.1 Å². The molecule has 190 valence electrons. The standard InChI is InChI=1S/C24H20F2N6O4S.Li/c1-35-18-12-27-17(21(25)26)9-15(18)14-10-19(32-7-2-8-36-24(32)34)28-11-16(14)22(33)29-23-31-30-20(37-23)6-5-13-3-4-13;/h9-13,21H,2-4,7-8H2,1H3,(H,29,31,33);/q;+1/p-1. The molecule has 0 spiro atoms. The van der Waals surface area contributed by atoms with E-state index in [-0.39, 0.29) is 58.9 Å². The fourth-order valence-electron chi connectivity index (χ4n) is 3.55. The molecule has 0 radical (unpaired) electrons. The first-order valence-electron chi connectivity index (χ1n) is 11.3.